The first-order valence-electron chi connectivity index (χ1n) is 13.4. The van der Waals surface area contributed by atoms with E-state index < -0.39 is 0 Å². The number of hydrogen-bond donors (Lipinski definition) is 0. The maximum atomic E-state index is 13.9. The monoisotopic (exact) mass is 548 g/mol. The number of amides is 2. The molecule has 1 aromatic heterocycles. The van der Waals surface area contributed by atoms with Crippen molar-refractivity contribution in [3.05, 3.63) is 75.5 Å². The number of thiophene rings is 1. The molecule has 39 heavy (non-hydrogen) atoms. The second kappa shape index (κ2) is 11.3. The van der Waals surface area contributed by atoms with Crippen molar-refractivity contribution < 1.29 is 28.5 Å². The minimum absolute atomic E-state index is 0.0343. The molecule has 2 atom stereocenters. The Bertz CT molecular complexity index is 1350. The number of fused-ring (bicyclic) bond motifs is 2. The first-order valence-corrected chi connectivity index (χ1v) is 14.3. The Kier molecular flexibility index (Phi) is 7.43. The van der Waals surface area contributed by atoms with Crippen LogP contribution < -0.4 is 14.2 Å². The summed E-state index contributed by atoms with van der Waals surface area (Å²) >= 11 is 1.72. The van der Waals surface area contributed by atoms with Gasteiger partial charge in [-0.05, 0) is 73.0 Å². The number of aryl methyl sites for hydroxylation is 1. The third kappa shape index (κ3) is 5.46. The summed E-state index contributed by atoms with van der Waals surface area (Å²) in [6.45, 7) is 4.09. The minimum atomic E-state index is -0.225. The van der Waals surface area contributed by atoms with E-state index in [2.05, 4.69) is 11.4 Å². The van der Waals surface area contributed by atoms with Crippen LogP contribution in [0, 0.1) is 6.92 Å². The van der Waals surface area contributed by atoms with Gasteiger partial charge < -0.3 is 28.7 Å². The van der Waals surface area contributed by atoms with Crippen molar-refractivity contribution >= 4 is 23.2 Å². The molecule has 2 unspecified atom stereocenters. The highest BCUT2D eigenvalue weighted by Gasteiger charge is 2.35. The zero-order valence-corrected chi connectivity index (χ0v) is 22.8. The Morgan fingerprint density at radius 2 is 2.00 bits per heavy atom. The van der Waals surface area contributed by atoms with Gasteiger partial charge in [-0.2, -0.15) is 0 Å². The van der Waals surface area contributed by atoms with Gasteiger partial charge in [-0.15, -0.1) is 11.3 Å². The first-order chi connectivity index (χ1) is 19.1. The SMILES string of the molecule is Cc1ccccc1OCC1c2ccsc2CCN1C(=O)CN(CC1CCCO1)C(=O)c1ccc2c(c1)OCO2. The fourth-order valence-electron chi connectivity index (χ4n) is 5.48. The number of carbonyl (C=O) groups is 2. The van der Waals surface area contributed by atoms with Gasteiger partial charge in [-0.1, -0.05) is 18.2 Å². The summed E-state index contributed by atoms with van der Waals surface area (Å²) in [7, 11) is 0. The molecular weight excluding hydrogens is 516 g/mol. The van der Waals surface area contributed by atoms with Crippen molar-refractivity contribution in [2.24, 2.45) is 0 Å². The molecule has 0 aliphatic carbocycles. The number of nitrogens with zero attached hydrogens (tertiary/aromatic N) is 2. The van der Waals surface area contributed by atoms with Gasteiger partial charge >= 0.3 is 0 Å². The molecule has 6 rings (SSSR count). The van der Waals surface area contributed by atoms with Crippen molar-refractivity contribution in [3.8, 4) is 17.2 Å². The molecular formula is C30H32N2O6S. The van der Waals surface area contributed by atoms with Crippen molar-refractivity contribution in [2.45, 2.75) is 38.3 Å². The van der Waals surface area contributed by atoms with Crippen molar-refractivity contribution in [1.82, 2.24) is 9.80 Å². The van der Waals surface area contributed by atoms with E-state index in [0.717, 1.165) is 36.1 Å². The molecule has 0 spiro atoms. The van der Waals surface area contributed by atoms with E-state index in [0.29, 0.717) is 43.4 Å². The molecule has 1 fully saturated rings. The number of carbonyl (C=O) groups excluding carboxylic acids is 2. The molecule has 8 nitrogen and oxygen atoms in total. The molecule has 0 saturated carbocycles. The number of para-hydroxylation sites is 1. The summed E-state index contributed by atoms with van der Waals surface area (Å²) in [6.07, 6.45) is 2.53. The predicted octanol–water partition coefficient (Wildman–Crippen LogP) is 4.61. The lowest BCUT2D eigenvalue weighted by molar-refractivity contribution is -0.135. The van der Waals surface area contributed by atoms with Gasteiger partial charge in [0.1, 0.15) is 18.9 Å². The summed E-state index contributed by atoms with van der Waals surface area (Å²) in [5.41, 5.74) is 2.64. The van der Waals surface area contributed by atoms with Crippen LogP contribution in [0.1, 0.15) is 45.2 Å². The molecule has 0 radical (unpaired) electrons. The average molecular weight is 549 g/mol. The molecule has 2 amide bonds. The Labute approximate surface area is 232 Å². The van der Waals surface area contributed by atoms with E-state index in [4.69, 9.17) is 18.9 Å². The molecule has 2 aromatic carbocycles. The van der Waals surface area contributed by atoms with Crippen molar-refractivity contribution in [3.63, 3.8) is 0 Å². The number of ether oxygens (including phenoxy) is 4. The fraction of sp³-hybridized carbons (Fsp3) is 0.400. The summed E-state index contributed by atoms with van der Waals surface area (Å²) in [4.78, 5) is 32.4. The summed E-state index contributed by atoms with van der Waals surface area (Å²) in [5.74, 6) is 1.64. The number of benzene rings is 2. The normalized spacial score (nSPS) is 19.6. The highest BCUT2D eigenvalue weighted by atomic mass is 32.1. The molecule has 204 valence electrons. The van der Waals surface area contributed by atoms with E-state index in [9.17, 15) is 9.59 Å². The Balaban J connectivity index is 1.22. The van der Waals surface area contributed by atoms with E-state index in [-0.39, 0.29) is 37.3 Å². The maximum absolute atomic E-state index is 13.9. The van der Waals surface area contributed by atoms with E-state index in [1.807, 2.05) is 36.1 Å². The van der Waals surface area contributed by atoms with Gasteiger partial charge in [-0.25, -0.2) is 0 Å². The third-order valence-corrected chi connectivity index (χ3v) is 8.58. The quantitative estimate of drug-likeness (QED) is 0.409. The van der Waals surface area contributed by atoms with E-state index >= 15 is 0 Å². The molecule has 9 heteroatoms. The van der Waals surface area contributed by atoms with Crippen LogP contribution in [-0.2, 0) is 16.0 Å². The van der Waals surface area contributed by atoms with Crippen LogP contribution in [0.4, 0.5) is 0 Å². The molecule has 1 saturated heterocycles. The van der Waals surface area contributed by atoms with Crippen LogP contribution in [0.3, 0.4) is 0 Å². The first kappa shape index (κ1) is 25.7. The molecule has 3 aliphatic rings. The Morgan fingerprint density at radius 1 is 1.13 bits per heavy atom. The molecule has 4 heterocycles. The Morgan fingerprint density at radius 3 is 2.85 bits per heavy atom. The van der Waals surface area contributed by atoms with Crippen LogP contribution >= 0.6 is 11.3 Å². The van der Waals surface area contributed by atoms with Crippen LogP contribution in [-0.4, -0.2) is 67.4 Å². The zero-order chi connectivity index (χ0) is 26.8. The second-order valence-electron chi connectivity index (χ2n) is 10.1. The number of hydrogen-bond acceptors (Lipinski definition) is 7. The topological polar surface area (TPSA) is 77.5 Å². The van der Waals surface area contributed by atoms with Gasteiger partial charge in [0, 0.05) is 30.1 Å². The molecule has 0 N–H and O–H groups in total. The minimum Gasteiger partial charge on any atom is -0.491 e. The summed E-state index contributed by atoms with van der Waals surface area (Å²) < 4.78 is 23.0. The lowest BCUT2D eigenvalue weighted by Crippen LogP contribution is -2.49. The van der Waals surface area contributed by atoms with Gasteiger partial charge in [0.05, 0.1) is 12.1 Å². The second-order valence-corrected chi connectivity index (χ2v) is 11.1. The predicted molar refractivity (Wildman–Crippen MR) is 147 cm³/mol. The van der Waals surface area contributed by atoms with Crippen molar-refractivity contribution in [2.75, 3.05) is 39.6 Å². The standard InChI is InChI=1S/C30H32N2O6S/c1-20-5-2-3-7-25(20)36-18-24-23-11-14-39-28(23)10-12-32(24)29(33)17-31(16-22-6-4-13-35-22)30(34)21-8-9-26-27(15-21)38-19-37-26/h2-3,5,7-9,11,14-15,22,24H,4,6,10,12-13,16-19H2,1H3. The van der Waals surface area contributed by atoms with E-state index in [1.165, 1.54) is 4.88 Å². The van der Waals surface area contributed by atoms with Crippen LogP contribution in [0.15, 0.2) is 53.9 Å². The van der Waals surface area contributed by atoms with Gasteiger partial charge in [-0.3, -0.25) is 9.59 Å². The largest absolute Gasteiger partial charge is 0.491 e. The highest BCUT2D eigenvalue weighted by Crippen LogP contribution is 2.35. The zero-order valence-electron chi connectivity index (χ0n) is 22.0. The van der Waals surface area contributed by atoms with Gasteiger partial charge in [0.15, 0.2) is 11.5 Å². The smallest absolute Gasteiger partial charge is 0.254 e. The van der Waals surface area contributed by atoms with Crippen LogP contribution in [0.25, 0.3) is 0 Å². The van der Waals surface area contributed by atoms with Gasteiger partial charge in [0.2, 0.25) is 12.7 Å². The molecule has 0 bridgehead atoms. The lowest BCUT2D eigenvalue weighted by Gasteiger charge is -2.37. The Hall–Kier alpha value is -3.56. The average Bonchev–Trinajstić information content (AvgIpc) is 3.73. The number of rotatable bonds is 8. The van der Waals surface area contributed by atoms with Crippen LogP contribution in [0.5, 0.6) is 17.2 Å². The molecule has 3 aromatic rings. The van der Waals surface area contributed by atoms with E-state index in [1.54, 1.807) is 34.4 Å². The third-order valence-electron chi connectivity index (χ3n) is 7.59. The van der Waals surface area contributed by atoms with Crippen molar-refractivity contribution in [1.29, 1.82) is 0 Å². The lowest BCUT2D eigenvalue weighted by atomic mass is 10.00. The van der Waals surface area contributed by atoms with Crippen LogP contribution in [0.2, 0.25) is 0 Å². The maximum Gasteiger partial charge on any atom is 0.254 e. The fourth-order valence-corrected chi connectivity index (χ4v) is 6.41. The summed E-state index contributed by atoms with van der Waals surface area (Å²) in [6, 6.07) is 14.9. The van der Waals surface area contributed by atoms with Gasteiger partial charge in [0.25, 0.3) is 5.91 Å². The highest BCUT2D eigenvalue weighted by molar-refractivity contribution is 7.10. The molecule has 3 aliphatic heterocycles. The summed E-state index contributed by atoms with van der Waals surface area (Å²) in [5, 5.41) is 2.08.